The second kappa shape index (κ2) is 4.86. The van der Waals surface area contributed by atoms with Crippen LogP contribution >= 0.6 is 0 Å². The van der Waals surface area contributed by atoms with Crippen LogP contribution in [0.3, 0.4) is 0 Å². The normalized spacial score (nSPS) is 10.5. The molecule has 108 valence electrons. The largest absolute Gasteiger partial charge is 0.383 e. The van der Waals surface area contributed by atoms with Gasteiger partial charge in [-0.25, -0.2) is 9.83 Å². The third-order valence-corrected chi connectivity index (χ3v) is 3.42. The van der Waals surface area contributed by atoms with Crippen LogP contribution in [0.2, 0.25) is 0 Å². The van der Waals surface area contributed by atoms with Gasteiger partial charge in [0, 0.05) is 11.9 Å². The predicted octanol–water partition coefficient (Wildman–Crippen LogP) is 1.94. The number of benzene rings is 1. The fourth-order valence-electron chi connectivity index (χ4n) is 2.25. The maximum Gasteiger partial charge on any atom is 0.253 e. The van der Waals surface area contributed by atoms with E-state index in [4.69, 9.17) is 18.0 Å². The Labute approximate surface area is 126 Å². The van der Waals surface area contributed by atoms with E-state index < -0.39 is 5.91 Å². The Bertz CT molecular complexity index is 933. The van der Waals surface area contributed by atoms with Crippen LogP contribution in [0.25, 0.3) is 21.9 Å². The van der Waals surface area contributed by atoms with Crippen LogP contribution < -0.4 is 11.5 Å². The molecule has 0 unspecified atom stereocenters. The molecule has 2 aromatic heterocycles. The zero-order valence-electron chi connectivity index (χ0n) is 11.7. The number of amides is 1. The molecule has 2 heterocycles. The molecular weight excluding hydrogens is 280 g/mol. The van der Waals surface area contributed by atoms with Crippen LogP contribution in [-0.4, -0.2) is 20.3 Å². The quantitative estimate of drug-likeness (QED) is 0.704. The van der Waals surface area contributed by atoms with Gasteiger partial charge in [0.1, 0.15) is 5.82 Å². The average molecular weight is 292 g/mol. The number of fused-ring (bicyclic) bond motifs is 1. The van der Waals surface area contributed by atoms with Crippen LogP contribution in [0, 0.1) is 13.5 Å². The first-order chi connectivity index (χ1) is 10.5. The van der Waals surface area contributed by atoms with Gasteiger partial charge in [0.15, 0.2) is 5.69 Å². The Morgan fingerprint density at radius 3 is 2.55 bits per heavy atom. The van der Waals surface area contributed by atoms with Crippen molar-refractivity contribution in [3.05, 3.63) is 53.1 Å². The lowest BCUT2D eigenvalue weighted by Gasteiger charge is -2.03. The molecule has 7 heteroatoms. The van der Waals surface area contributed by atoms with E-state index in [0.29, 0.717) is 17.2 Å². The van der Waals surface area contributed by atoms with Crippen LogP contribution in [0.4, 0.5) is 11.5 Å². The second-order valence-electron chi connectivity index (χ2n) is 4.78. The predicted molar refractivity (Wildman–Crippen MR) is 82.4 cm³/mol. The number of nitrogens with zero attached hydrogens (tertiary/aromatic N) is 4. The van der Waals surface area contributed by atoms with Crippen molar-refractivity contribution in [3.8, 4) is 11.3 Å². The highest BCUT2D eigenvalue weighted by molar-refractivity contribution is 5.97. The maximum atomic E-state index is 11.4. The first kappa shape index (κ1) is 13.6. The molecule has 3 rings (SSSR count). The summed E-state index contributed by atoms with van der Waals surface area (Å²) in [6.45, 7) is 8.84. The van der Waals surface area contributed by atoms with Crippen molar-refractivity contribution < 1.29 is 4.79 Å². The van der Waals surface area contributed by atoms with E-state index in [9.17, 15) is 4.79 Å². The van der Waals surface area contributed by atoms with Crippen molar-refractivity contribution in [3.63, 3.8) is 0 Å². The van der Waals surface area contributed by atoms with Crippen LogP contribution in [0.1, 0.15) is 16.1 Å². The Hall–Kier alpha value is -3.40. The number of carbonyl (C=O) groups is 1. The molecule has 0 spiro atoms. The maximum absolute atomic E-state index is 11.4. The van der Waals surface area contributed by atoms with Crippen LogP contribution in [0.15, 0.2) is 30.5 Å². The van der Waals surface area contributed by atoms with E-state index in [0.717, 1.165) is 11.3 Å². The number of nitrogens with two attached hydrogens (primary N) is 2. The van der Waals surface area contributed by atoms with Gasteiger partial charge < -0.3 is 11.5 Å². The Balaban J connectivity index is 2.21. The fraction of sp³-hybridized carbons (Fsp3) is 0.0667. The molecule has 0 aliphatic heterocycles. The molecule has 0 aliphatic rings. The Morgan fingerprint density at radius 2 is 1.95 bits per heavy atom. The highest BCUT2D eigenvalue weighted by Gasteiger charge is 2.15. The molecule has 0 atom stereocenters. The molecule has 0 aliphatic carbocycles. The van der Waals surface area contributed by atoms with E-state index in [1.165, 1.54) is 0 Å². The molecule has 0 bridgehead atoms. The van der Waals surface area contributed by atoms with Gasteiger partial charge in [0.25, 0.3) is 5.91 Å². The number of carbonyl (C=O) groups excluding carboxylic acids is 1. The zero-order chi connectivity index (χ0) is 15.9. The summed E-state index contributed by atoms with van der Waals surface area (Å²) in [6.07, 6.45) is 1.54. The van der Waals surface area contributed by atoms with Crippen molar-refractivity contribution in [1.82, 2.24) is 14.4 Å². The zero-order valence-corrected chi connectivity index (χ0v) is 11.7. The minimum absolute atomic E-state index is 0.0555. The van der Waals surface area contributed by atoms with Gasteiger partial charge in [0.2, 0.25) is 5.78 Å². The van der Waals surface area contributed by atoms with E-state index in [-0.39, 0.29) is 11.4 Å². The van der Waals surface area contributed by atoms with Gasteiger partial charge in [0.05, 0.1) is 17.8 Å². The number of aromatic nitrogens is 3. The highest BCUT2D eigenvalue weighted by atomic mass is 16.1. The number of aryl methyl sites for hydroxylation is 1. The molecule has 4 N–H and O–H groups in total. The summed E-state index contributed by atoms with van der Waals surface area (Å²) < 4.78 is 1.68. The summed E-state index contributed by atoms with van der Waals surface area (Å²) >= 11 is 0. The van der Waals surface area contributed by atoms with Gasteiger partial charge in [-0.15, -0.1) is 0 Å². The van der Waals surface area contributed by atoms with Crippen molar-refractivity contribution in [2.45, 2.75) is 6.92 Å². The number of imidazole rings is 1. The van der Waals surface area contributed by atoms with Gasteiger partial charge >= 0.3 is 0 Å². The first-order valence-electron chi connectivity index (χ1n) is 6.44. The van der Waals surface area contributed by atoms with E-state index in [1.807, 2.05) is 19.1 Å². The Morgan fingerprint density at radius 1 is 1.27 bits per heavy atom. The van der Waals surface area contributed by atoms with Gasteiger partial charge in [-0.3, -0.25) is 9.20 Å². The van der Waals surface area contributed by atoms with Crippen LogP contribution in [0.5, 0.6) is 0 Å². The Kier molecular flexibility index (Phi) is 3.00. The van der Waals surface area contributed by atoms with Gasteiger partial charge in [-0.1, -0.05) is 24.3 Å². The lowest BCUT2D eigenvalue weighted by Crippen LogP contribution is -2.16. The van der Waals surface area contributed by atoms with Gasteiger partial charge in [-0.2, -0.15) is 4.98 Å². The summed E-state index contributed by atoms with van der Waals surface area (Å²) in [7, 11) is 0. The van der Waals surface area contributed by atoms with Crippen molar-refractivity contribution >= 4 is 23.2 Å². The van der Waals surface area contributed by atoms with E-state index in [1.54, 1.807) is 22.7 Å². The molecule has 1 aromatic carbocycles. The van der Waals surface area contributed by atoms with Crippen molar-refractivity contribution in [2.24, 2.45) is 5.73 Å². The lowest BCUT2D eigenvalue weighted by molar-refractivity contribution is 0.100. The summed E-state index contributed by atoms with van der Waals surface area (Å²) in [5.74, 6) is -0.188. The highest BCUT2D eigenvalue weighted by Crippen LogP contribution is 2.26. The number of hydrogen-bond donors (Lipinski definition) is 2. The third-order valence-electron chi connectivity index (χ3n) is 3.42. The monoisotopic (exact) mass is 292 g/mol. The van der Waals surface area contributed by atoms with Gasteiger partial charge in [-0.05, 0) is 12.5 Å². The number of anilines is 1. The summed E-state index contributed by atoms with van der Waals surface area (Å²) in [5.41, 5.74) is 14.1. The minimum Gasteiger partial charge on any atom is -0.383 e. The molecule has 0 saturated heterocycles. The standard InChI is InChI=1S/C15H12N6O/c1-8-12(9-3-5-10(18-2)6-4-9)19-15-20-13(16)11(14(17)22)7-21(8)15/h3-7H,1H3,(H2,17,22)(H2,16,19,20). The van der Waals surface area contributed by atoms with E-state index >= 15 is 0 Å². The molecule has 0 fully saturated rings. The summed E-state index contributed by atoms with van der Waals surface area (Å²) in [4.78, 5) is 23.3. The number of hydrogen-bond acceptors (Lipinski definition) is 4. The fourth-order valence-corrected chi connectivity index (χ4v) is 2.25. The van der Waals surface area contributed by atoms with Crippen molar-refractivity contribution in [2.75, 3.05) is 5.73 Å². The number of primary amides is 1. The second-order valence-corrected chi connectivity index (χ2v) is 4.78. The van der Waals surface area contributed by atoms with Crippen LogP contribution in [-0.2, 0) is 0 Å². The van der Waals surface area contributed by atoms with Crippen molar-refractivity contribution in [1.29, 1.82) is 0 Å². The number of rotatable bonds is 2. The molecule has 7 nitrogen and oxygen atoms in total. The van der Waals surface area contributed by atoms with E-state index in [2.05, 4.69) is 14.8 Å². The lowest BCUT2D eigenvalue weighted by atomic mass is 10.1. The average Bonchev–Trinajstić information content (AvgIpc) is 2.82. The molecule has 0 radical (unpaired) electrons. The topological polar surface area (TPSA) is 104 Å². The summed E-state index contributed by atoms with van der Waals surface area (Å²) in [6, 6.07) is 7.09. The molecule has 1 amide bonds. The molecule has 3 aromatic rings. The minimum atomic E-state index is -0.636. The smallest absolute Gasteiger partial charge is 0.253 e. The molecular formula is C15H12N6O. The molecule has 22 heavy (non-hydrogen) atoms. The molecule has 0 saturated carbocycles. The number of nitrogen functional groups attached to an aromatic ring is 1. The first-order valence-corrected chi connectivity index (χ1v) is 6.44. The summed E-state index contributed by atoms with van der Waals surface area (Å²) in [5, 5.41) is 0. The SMILES string of the molecule is [C-]#[N+]c1ccc(-c2nc3nc(N)c(C(N)=O)cn3c2C)cc1. The third kappa shape index (κ3) is 2.03.